The van der Waals surface area contributed by atoms with E-state index in [1.54, 1.807) is 6.07 Å². The van der Waals surface area contributed by atoms with E-state index in [1.165, 1.54) is 11.6 Å². The van der Waals surface area contributed by atoms with Crippen LogP contribution in [0.2, 0.25) is 0 Å². The second-order valence-corrected chi connectivity index (χ2v) is 4.51. The van der Waals surface area contributed by atoms with Gasteiger partial charge in [0, 0.05) is 5.30 Å². The SMILES string of the molecule is C=C/C(=C\C=C(/C)c1ccc(F)c(P)c1)CC. The van der Waals surface area contributed by atoms with E-state index in [2.05, 4.69) is 22.7 Å². The fourth-order valence-corrected chi connectivity index (χ4v) is 1.72. The molecule has 0 spiro atoms. The maximum Gasteiger partial charge on any atom is 0.130 e. The first kappa shape index (κ1) is 13.9. The summed E-state index contributed by atoms with van der Waals surface area (Å²) in [6.45, 7) is 7.87. The van der Waals surface area contributed by atoms with Crippen LogP contribution in [-0.2, 0) is 0 Å². The second kappa shape index (κ2) is 6.51. The lowest BCUT2D eigenvalue weighted by molar-refractivity contribution is 0.636. The highest BCUT2D eigenvalue weighted by Crippen LogP contribution is 2.15. The molecule has 1 aromatic carbocycles. The van der Waals surface area contributed by atoms with Gasteiger partial charge in [-0.2, -0.15) is 0 Å². The van der Waals surface area contributed by atoms with Crippen LogP contribution in [-0.4, -0.2) is 0 Å². The average Bonchev–Trinajstić information content (AvgIpc) is 2.33. The van der Waals surface area contributed by atoms with Gasteiger partial charge in [-0.1, -0.05) is 37.8 Å². The first-order chi connectivity index (χ1) is 8.08. The minimum atomic E-state index is -0.192. The van der Waals surface area contributed by atoms with Crippen LogP contribution >= 0.6 is 9.24 Å². The summed E-state index contributed by atoms with van der Waals surface area (Å²) in [5, 5.41) is 0.596. The summed E-state index contributed by atoms with van der Waals surface area (Å²) in [6, 6.07) is 5.12. The van der Waals surface area contributed by atoms with Crippen LogP contribution < -0.4 is 5.30 Å². The third kappa shape index (κ3) is 3.94. The molecule has 0 saturated carbocycles. The van der Waals surface area contributed by atoms with Crippen molar-refractivity contribution in [2.24, 2.45) is 0 Å². The lowest BCUT2D eigenvalue weighted by atomic mass is 10.1. The van der Waals surface area contributed by atoms with E-state index in [4.69, 9.17) is 0 Å². The molecule has 0 N–H and O–H groups in total. The molecule has 17 heavy (non-hydrogen) atoms. The van der Waals surface area contributed by atoms with E-state index in [0.717, 1.165) is 17.6 Å². The summed E-state index contributed by atoms with van der Waals surface area (Å²) in [5.74, 6) is -0.192. The molecule has 1 aromatic rings. The summed E-state index contributed by atoms with van der Waals surface area (Å²) in [6.07, 6.45) is 6.91. The van der Waals surface area contributed by atoms with Crippen LogP contribution in [0, 0.1) is 5.82 Å². The maximum atomic E-state index is 13.1. The molecule has 0 heterocycles. The zero-order valence-corrected chi connectivity index (χ0v) is 11.5. The zero-order valence-electron chi connectivity index (χ0n) is 10.3. The normalized spacial score (nSPS) is 12.7. The van der Waals surface area contributed by atoms with Crippen LogP contribution in [0.5, 0.6) is 0 Å². The maximum absolute atomic E-state index is 13.1. The van der Waals surface area contributed by atoms with Crippen LogP contribution in [0.1, 0.15) is 25.8 Å². The quantitative estimate of drug-likeness (QED) is 0.552. The third-order valence-corrected chi connectivity index (χ3v) is 3.11. The fraction of sp³-hybridized carbons (Fsp3) is 0.200. The van der Waals surface area contributed by atoms with Gasteiger partial charge >= 0.3 is 0 Å². The summed E-state index contributed by atoms with van der Waals surface area (Å²) in [5.41, 5.74) is 3.34. The molecule has 1 rings (SSSR count). The summed E-state index contributed by atoms with van der Waals surface area (Å²) >= 11 is 0. The zero-order chi connectivity index (χ0) is 12.8. The second-order valence-electron chi connectivity index (χ2n) is 3.89. The van der Waals surface area contributed by atoms with Crippen molar-refractivity contribution in [1.82, 2.24) is 0 Å². The van der Waals surface area contributed by atoms with Gasteiger partial charge in [0.15, 0.2) is 0 Å². The molecule has 0 fully saturated rings. The molecule has 0 aliphatic rings. The first-order valence-corrected chi connectivity index (χ1v) is 6.21. The molecule has 0 bridgehead atoms. The molecule has 0 aromatic heterocycles. The van der Waals surface area contributed by atoms with Gasteiger partial charge in [-0.05, 0) is 42.2 Å². The Labute approximate surface area is 105 Å². The van der Waals surface area contributed by atoms with E-state index >= 15 is 0 Å². The Morgan fingerprint density at radius 2 is 2.12 bits per heavy atom. The van der Waals surface area contributed by atoms with Crippen LogP contribution in [0.4, 0.5) is 4.39 Å². The Morgan fingerprint density at radius 1 is 1.41 bits per heavy atom. The van der Waals surface area contributed by atoms with Crippen LogP contribution in [0.15, 0.2) is 48.6 Å². The molecule has 0 radical (unpaired) electrons. The number of rotatable bonds is 4. The molecule has 1 atom stereocenters. The van der Waals surface area contributed by atoms with Crippen molar-refractivity contribution in [2.45, 2.75) is 20.3 Å². The Balaban J connectivity index is 2.99. The van der Waals surface area contributed by atoms with Gasteiger partial charge in [-0.25, -0.2) is 4.39 Å². The van der Waals surface area contributed by atoms with E-state index in [0.29, 0.717) is 5.30 Å². The van der Waals surface area contributed by atoms with Crippen molar-refractivity contribution < 1.29 is 4.39 Å². The number of benzene rings is 1. The topological polar surface area (TPSA) is 0 Å². The van der Waals surface area contributed by atoms with Crippen molar-refractivity contribution >= 4 is 20.1 Å². The molecule has 0 nitrogen and oxygen atoms in total. The minimum Gasteiger partial charge on any atom is -0.206 e. The van der Waals surface area contributed by atoms with Crippen molar-refractivity contribution in [3.8, 4) is 0 Å². The monoisotopic (exact) mass is 248 g/mol. The summed E-state index contributed by atoms with van der Waals surface area (Å²) in [4.78, 5) is 0. The van der Waals surface area contributed by atoms with Gasteiger partial charge in [-0.3, -0.25) is 0 Å². The van der Waals surface area contributed by atoms with E-state index in [-0.39, 0.29) is 5.82 Å². The fourth-order valence-electron chi connectivity index (χ4n) is 1.45. The molecule has 1 unspecified atom stereocenters. The van der Waals surface area contributed by atoms with Gasteiger partial charge in [0.05, 0.1) is 0 Å². The predicted octanol–water partition coefficient (Wildman–Crippen LogP) is 4.25. The Bertz CT molecular complexity index is 470. The van der Waals surface area contributed by atoms with Gasteiger partial charge in [-0.15, -0.1) is 9.24 Å². The Morgan fingerprint density at radius 3 is 2.65 bits per heavy atom. The van der Waals surface area contributed by atoms with Crippen molar-refractivity contribution in [1.29, 1.82) is 0 Å². The highest BCUT2D eigenvalue weighted by molar-refractivity contribution is 7.27. The van der Waals surface area contributed by atoms with Crippen LogP contribution in [0.3, 0.4) is 0 Å². The van der Waals surface area contributed by atoms with Gasteiger partial charge in [0.2, 0.25) is 0 Å². The smallest absolute Gasteiger partial charge is 0.130 e. The van der Waals surface area contributed by atoms with E-state index in [1.807, 2.05) is 31.2 Å². The first-order valence-electron chi connectivity index (χ1n) is 5.63. The molecule has 0 saturated heterocycles. The lowest BCUT2D eigenvalue weighted by Crippen LogP contribution is -1.98. The molecule has 2 heteroatoms. The third-order valence-electron chi connectivity index (χ3n) is 2.67. The highest BCUT2D eigenvalue weighted by atomic mass is 31.0. The number of halogens is 1. The van der Waals surface area contributed by atoms with Crippen LogP contribution in [0.25, 0.3) is 5.57 Å². The average molecular weight is 248 g/mol. The van der Waals surface area contributed by atoms with Crippen molar-refractivity contribution in [3.63, 3.8) is 0 Å². The van der Waals surface area contributed by atoms with E-state index in [9.17, 15) is 4.39 Å². The highest BCUT2D eigenvalue weighted by Gasteiger charge is 2.00. The van der Waals surface area contributed by atoms with Crippen molar-refractivity contribution in [3.05, 3.63) is 60.0 Å². The molecule has 0 amide bonds. The minimum absolute atomic E-state index is 0.192. The standard InChI is InChI=1S/C15H18FP/c1-4-12(5-2)7-6-11(3)13-8-9-14(16)15(17)10-13/h4,6-10H,1,5,17H2,2-3H3/b11-6+,12-7+. The Kier molecular flexibility index (Phi) is 5.31. The predicted molar refractivity (Wildman–Crippen MR) is 78.0 cm³/mol. The summed E-state index contributed by atoms with van der Waals surface area (Å²) in [7, 11) is 2.41. The molecule has 90 valence electrons. The number of hydrogen-bond acceptors (Lipinski definition) is 0. The molecule has 0 aliphatic carbocycles. The lowest BCUT2D eigenvalue weighted by Gasteiger charge is -2.03. The summed E-state index contributed by atoms with van der Waals surface area (Å²) < 4.78 is 13.1. The molecular weight excluding hydrogens is 230 g/mol. The van der Waals surface area contributed by atoms with Gasteiger partial charge in [0.25, 0.3) is 0 Å². The molecule has 0 aliphatic heterocycles. The Hall–Kier alpha value is -1.20. The number of allylic oxidation sites excluding steroid dienone is 5. The number of hydrogen-bond donors (Lipinski definition) is 0. The molecular formula is C15H18FP. The van der Waals surface area contributed by atoms with Gasteiger partial charge in [0.1, 0.15) is 5.82 Å². The van der Waals surface area contributed by atoms with Gasteiger partial charge < -0.3 is 0 Å². The van der Waals surface area contributed by atoms with E-state index < -0.39 is 0 Å². The van der Waals surface area contributed by atoms with Crippen molar-refractivity contribution in [2.75, 3.05) is 0 Å². The largest absolute Gasteiger partial charge is 0.206 e.